The van der Waals surface area contributed by atoms with Crippen LogP contribution < -0.4 is 5.32 Å². The summed E-state index contributed by atoms with van der Waals surface area (Å²) in [6, 6.07) is 3.84. The molecule has 0 aliphatic rings. The molecular formula is C13H20N2O2. The topological polar surface area (TPSA) is 62.2 Å². The first-order chi connectivity index (χ1) is 8.18. The van der Waals surface area contributed by atoms with E-state index >= 15 is 0 Å². The van der Waals surface area contributed by atoms with Crippen molar-refractivity contribution in [2.24, 2.45) is 0 Å². The van der Waals surface area contributed by atoms with Crippen LogP contribution in [0.3, 0.4) is 0 Å². The van der Waals surface area contributed by atoms with E-state index in [9.17, 15) is 4.79 Å². The van der Waals surface area contributed by atoms with Crippen LogP contribution in [0.25, 0.3) is 0 Å². The van der Waals surface area contributed by atoms with E-state index in [0.717, 1.165) is 24.8 Å². The number of rotatable bonds is 7. The van der Waals surface area contributed by atoms with Gasteiger partial charge in [0.25, 0.3) is 0 Å². The van der Waals surface area contributed by atoms with Crippen LogP contribution in [0.2, 0.25) is 0 Å². The molecule has 0 bridgehead atoms. The molecule has 0 saturated heterocycles. The molecule has 1 aromatic heterocycles. The fraction of sp³-hybridized carbons (Fsp3) is 0.538. The minimum absolute atomic E-state index is 0.0550. The summed E-state index contributed by atoms with van der Waals surface area (Å²) in [4.78, 5) is 15.5. The first kappa shape index (κ1) is 13.6. The number of nitrogens with zero attached hydrogens (tertiary/aromatic N) is 1. The van der Waals surface area contributed by atoms with Gasteiger partial charge >= 0.3 is 0 Å². The number of pyridine rings is 1. The summed E-state index contributed by atoms with van der Waals surface area (Å²) < 4.78 is 0. The SMILES string of the molecule is CC(O)CCCNC(=O)CCc1cccnc1. The number of aromatic nitrogens is 1. The van der Waals surface area contributed by atoms with Crippen LogP contribution in [0.4, 0.5) is 0 Å². The molecule has 1 unspecified atom stereocenters. The van der Waals surface area contributed by atoms with E-state index in [-0.39, 0.29) is 12.0 Å². The lowest BCUT2D eigenvalue weighted by Gasteiger charge is -2.06. The maximum Gasteiger partial charge on any atom is 0.220 e. The summed E-state index contributed by atoms with van der Waals surface area (Å²) in [5.74, 6) is 0.0550. The third-order valence-corrected chi connectivity index (χ3v) is 2.48. The monoisotopic (exact) mass is 236 g/mol. The van der Waals surface area contributed by atoms with Gasteiger partial charge in [-0.1, -0.05) is 6.07 Å². The molecule has 0 aliphatic heterocycles. The van der Waals surface area contributed by atoms with Crippen molar-refractivity contribution in [1.82, 2.24) is 10.3 Å². The lowest BCUT2D eigenvalue weighted by molar-refractivity contribution is -0.121. The Hall–Kier alpha value is -1.42. The highest BCUT2D eigenvalue weighted by Crippen LogP contribution is 2.00. The number of nitrogens with one attached hydrogen (secondary N) is 1. The number of carbonyl (C=O) groups excluding carboxylic acids is 1. The molecule has 0 radical (unpaired) electrons. The van der Waals surface area contributed by atoms with Gasteiger partial charge in [-0.05, 0) is 37.8 Å². The third-order valence-electron chi connectivity index (χ3n) is 2.48. The molecule has 1 rings (SSSR count). The Labute approximate surface area is 102 Å². The molecule has 0 spiro atoms. The maximum atomic E-state index is 11.5. The highest BCUT2D eigenvalue weighted by atomic mass is 16.3. The number of hydrogen-bond donors (Lipinski definition) is 2. The van der Waals surface area contributed by atoms with Crippen molar-refractivity contribution in [1.29, 1.82) is 0 Å². The van der Waals surface area contributed by atoms with Crippen LogP contribution in [0.15, 0.2) is 24.5 Å². The molecule has 94 valence electrons. The second-order valence-corrected chi connectivity index (χ2v) is 4.20. The van der Waals surface area contributed by atoms with E-state index in [4.69, 9.17) is 5.11 Å². The minimum Gasteiger partial charge on any atom is -0.393 e. The van der Waals surface area contributed by atoms with E-state index in [1.165, 1.54) is 0 Å². The van der Waals surface area contributed by atoms with Crippen molar-refractivity contribution < 1.29 is 9.90 Å². The molecule has 1 amide bonds. The van der Waals surface area contributed by atoms with Gasteiger partial charge in [-0.2, -0.15) is 0 Å². The number of aliphatic hydroxyl groups is 1. The molecule has 0 aromatic carbocycles. The number of aryl methyl sites for hydroxylation is 1. The molecule has 1 aromatic rings. The number of aliphatic hydroxyl groups excluding tert-OH is 1. The quantitative estimate of drug-likeness (QED) is 0.701. The zero-order valence-electron chi connectivity index (χ0n) is 10.2. The van der Waals surface area contributed by atoms with Crippen molar-refractivity contribution in [3.05, 3.63) is 30.1 Å². The van der Waals surface area contributed by atoms with Gasteiger partial charge in [0.2, 0.25) is 5.91 Å². The van der Waals surface area contributed by atoms with E-state index in [0.29, 0.717) is 13.0 Å². The van der Waals surface area contributed by atoms with Crippen molar-refractivity contribution in [3.8, 4) is 0 Å². The van der Waals surface area contributed by atoms with Gasteiger partial charge in [-0.25, -0.2) is 0 Å². The Kier molecular flexibility index (Phi) is 6.25. The summed E-state index contributed by atoms with van der Waals surface area (Å²) in [6.07, 6.45) is 5.96. The first-order valence-corrected chi connectivity index (χ1v) is 6.02. The highest BCUT2D eigenvalue weighted by Gasteiger charge is 2.02. The number of carbonyl (C=O) groups is 1. The van der Waals surface area contributed by atoms with Gasteiger partial charge in [0, 0.05) is 25.4 Å². The zero-order valence-corrected chi connectivity index (χ0v) is 10.2. The highest BCUT2D eigenvalue weighted by molar-refractivity contribution is 5.76. The Morgan fingerprint density at radius 2 is 2.41 bits per heavy atom. The van der Waals surface area contributed by atoms with E-state index in [1.54, 1.807) is 19.3 Å². The Bertz CT molecular complexity index is 325. The minimum atomic E-state index is -0.290. The van der Waals surface area contributed by atoms with Gasteiger partial charge in [-0.3, -0.25) is 9.78 Å². The van der Waals surface area contributed by atoms with Gasteiger partial charge in [0.1, 0.15) is 0 Å². The van der Waals surface area contributed by atoms with Crippen LogP contribution in [0.5, 0.6) is 0 Å². The van der Waals surface area contributed by atoms with Crippen LogP contribution in [0.1, 0.15) is 31.7 Å². The third kappa shape index (κ3) is 6.68. The molecule has 17 heavy (non-hydrogen) atoms. The van der Waals surface area contributed by atoms with E-state index < -0.39 is 0 Å². The molecule has 1 atom stereocenters. The zero-order chi connectivity index (χ0) is 12.5. The lowest BCUT2D eigenvalue weighted by atomic mass is 10.1. The van der Waals surface area contributed by atoms with E-state index in [2.05, 4.69) is 10.3 Å². The molecule has 0 fully saturated rings. The summed E-state index contributed by atoms with van der Waals surface area (Å²) in [5.41, 5.74) is 1.08. The number of hydrogen-bond acceptors (Lipinski definition) is 3. The molecule has 4 nitrogen and oxygen atoms in total. The Morgan fingerprint density at radius 1 is 1.59 bits per heavy atom. The Morgan fingerprint density at radius 3 is 3.06 bits per heavy atom. The summed E-state index contributed by atoms with van der Waals surface area (Å²) in [5, 5.41) is 11.9. The molecule has 0 saturated carbocycles. The van der Waals surface area contributed by atoms with E-state index in [1.807, 2.05) is 12.1 Å². The average Bonchev–Trinajstić information content (AvgIpc) is 2.33. The predicted molar refractivity (Wildman–Crippen MR) is 66.5 cm³/mol. The standard InChI is InChI=1S/C13H20N2O2/c1-11(16)4-2-9-15-13(17)7-6-12-5-3-8-14-10-12/h3,5,8,10-11,16H,2,4,6-7,9H2,1H3,(H,15,17). The normalized spacial score (nSPS) is 12.1. The second-order valence-electron chi connectivity index (χ2n) is 4.20. The molecule has 0 aliphatic carbocycles. The Balaban J connectivity index is 2.09. The fourth-order valence-electron chi connectivity index (χ4n) is 1.52. The molecular weight excluding hydrogens is 216 g/mol. The summed E-state index contributed by atoms with van der Waals surface area (Å²) in [6.45, 7) is 2.39. The van der Waals surface area contributed by atoms with Gasteiger partial charge in [0.05, 0.1) is 6.10 Å². The van der Waals surface area contributed by atoms with Crippen LogP contribution in [-0.4, -0.2) is 28.6 Å². The van der Waals surface area contributed by atoms with Gasteiger partial charge in [0.15, 0.2) is 0 Å². The van der Waals surface area contributed by atoms with Gasteiger partial charge in [-0.15, -0.1) is 0 Å². The summed E-state index contributed by atoms with van der Waals surface area (Å²) >= 11 is 0. The van der Waals surface area contributed by atoms with Gasteiger partial charge < -0.3 is 10.4 Å². The molecule has 4 heteroatoms. The van der Waals surface area contributed by atoms with Crippen LogP contribution in [0, 0.1) is 0 Å². The molecule has 2 N–H and O–H groups in total. The second kappa shape index (κ2) is 7.79. The molecule has 1 heterocycles. The number of amides is 1. The van der Waals surface area contributed by atoms with Crippen molar-refractivity contribution >= 4 is 5.91 Å². The average molecular weight is 236 g/mol. The lowest BCUT2D eigenvalue weighted by Crippen LogP contribution is -2.25. The van der Waals surface area contributed by atoms with Crippen LogP contribution >= 0.6 is 0 Å². The first-order valence-electron chi connectivity index (χ1n) is 6.02. The smallest absolute Gasteiger partial charge is 0.220 e. The maximum absolute atomic E-state index is 11.5. The predicted octanol–water partition coefficient (Wildman–Crippen LogP) is 1.29. The largest absolute Gasteiger partial charge is 0.393 e. The van der Waals surface area contributed by atoms with Crippen molar-refractivity contribution in [2.45, 2.75) is 38.7 Å². The van der Waals surface area contributed by atoms with Crippen molar-refractivity contribution in [3.63, 3.8) is 0 Å². The summed E-state index contributed by atoms with van der Waals surface area (Å²) in [7, 11) is 0. The van der Waals surface area contributed by atoms with Crippen molar-refractivity contribution in [2.75, 3.05) is 6.54 Å². The fourth-order valence-corrected chi connectivity index (χ4v) is 1.52. The van der Waals surface area contributed by atoms with Crippen LogP contribution in [-0.2, 0) is 11.2 Å².